The topological polar surface area (TPSA) is 125 Å². The summed E-state index contributed by atoms with van der Waals surface area (Å²) in [7, 11) is -3.60. The van der Waals surface area contributed by atoms with Gasteiger partial charge in [-0.05, 0) is 12.8 Å². The van der Waals surface area contributed by atoms with Crippen molar-refractivity contribution in [3.63, 3.8) is 0 Å². The minimum atomic E-state index is -3.60. The lowest BCUT2D eigenvalue weighted by molar-refractivity contribution is 0.231. The van der Waals surface area contributed by atoms with Crippen LogP contribution in [0.4, 0.5) is 0 Å². The molecule has 0 unspecified atom stereocenters. The average Bonchev–Trinajstić information content (AvgIpc) is 2.05. The number of hydrogen-bond donors (Lipinski definition) is 4. The molecule has 0 spiro atoms. The lowest BCUT2D eigenvalue weighted by Gasteiger charge is -2.31. The fraction of sp³-hybridized carbons (Fsp3) is 0.857. The Labute approximate surface area is 89.5 Å². The molecule has 1 fully saturated rings. The van der Waals surface area contributed by atoms with Crippen molar-refractivity contribution >= 4 is 16.0 Å². The Kier molecular flexibility index (Phi) is 4.03. The van der Waals surface area contributed by atoms with Gasteiger partial charge in [0.05, 0.1) is 6.54 Å². The Morgan fingerprint density at radius 2 is 2.00 bits per heavy atom. The summed E-state index contributed by atoms with van der Waals surface area (Å²) < 4.78 is 23.9. The summed E-state index contributed by atoms with van der Waals surface area (Å²) in [5, 5.41) is 12.0. The number of nitrogens with zero attached hydrogens (tertiary/aromatic N) is 1. The van der Waals surface area contributed by atoms with Gasteiger partial charge in [0, 0.05) is 19.1 Å². The summed E-state index contributed by atoms with van der Waals surface area (Å²) >= 11 is 0. The number of likely N-dealkylation sites (tertiary alicyclic amines) is 1. The largest absolute Gasteiger partial charge is 0.387 e. The first-order valence-electron chi connectivity index (χ1n) is 4.72. The summed E-state index contributed by atoms with van der Waals surface area (Å²) in [6.45, 7) is 1.90. The molecule has 15 heavy (non-hydrogen) atoms. The van der Waals surface area contributed by atoms with E-state index in [1.54, 1.807) is 0 Å². The number of piperidine rings is 1. The van der Waals surface area contributed by atoms with Crippen LogP contribution in [-0.4, -0.2) is 44.8 Å². The maximum atomic E-state index is 10.8. The Hall–Kier alpha value is -0.700. The Bertz CT molecular complexity index is 320. The number of hydrogen-bond acceptors (Lipinski definition) is 4. The number of nitrogens with one attached hydrogen (secondary N) is 2. The summed E-state index contributed by atoms with van der Waals surface area (Å²) in [6, 6.07) is -0.0943. The van der Waals surface area contributed by atoms with Crippen LogP contribution in [0, 0.1) is 5.41 Å². The molecular weight excluding hydrogens is 218 g/mol. The van der Waals surface area contributed by atoms with E-state index in [1.165, 1.54) is 0 Å². The highest BCUT2D eigenvalue weighted by atomic mass is 32.2. The molecule has 0 radical (unpaired) electrons. The van der Waals surface area contributed by atoms with Crippen molar-refractivity contribution in [1.82, 2.24) is 9.62 Å². The third kappa shape index (κ3) is 5.07. The zero-order valence-electron chi connectivity index (χ0n) is 8.44. The first-order valence-corrected chi connectivity index (χ1v) is 6.27. The van der Waals surface area contributed by atoms with Crippen molar-refractivity contribution in [2.24, 2.45) is 10.9 Å². The first-order chi connectivity index (χ1) is 6.87. The van der Waals surface area contributed by atoms with Crippen molar-refractivity contribution in [3.8, 4) is 0 Å². The van der Waals surface area contributed by atoms with Crippen LogP contribution in [0.15, 0.2) is 0 Å². The quantitative estimate of drug-likeness (QED) is 0.338. The fourth-order valence-electron chi connectivity index (χ4n) is 1.68. The maximum absolute atomic E-state index is 10.8. The number of amidine groups is 1. The van der Waals surface area contributed by atoms with E-state index >= 15 is 0 Å². The lowest BCUT2D eigenvalue weighted by atomic mass is 10.1. The van der Waals surface area contributed by atoms with Crippen LogP contribution >= 0.6 is 0 Å². The van der Waals surface area contributed by atoms with Gasteiger partial charge in [-0.15, -0.1) is 0 Å². The SMILES string of the molecule is N=C(N)CN1CCC(NS(N)(=O)=O)CC1. The molecule has 0 aromatic rings. The van der Waals surface area contributed by atoms with Crippen molar-refractivity contribution < 1.29 is 8.42 Å². The van der Waals surface area contributed by atoms with Crippen molar-refractivity contribution in [2.45, 2.75) is 18.9 Å². The maximum Gasteiger partial charge on any atom is 0.274 e. The Morgan fingerprint density at radius 3 is 2.40 bits per heavy atom. The molecule has 88 valence electrons. The van der Waals surface area contributed by atoms with E-state index in [0.717, 1.165) is 13.1 Å². The van der Waals surface area contributed by atoms with Gasteiger partial charge in [-0.1, -0.05) is 0 Å². The molecule has 8 heteroatoms. The van der Waals surface area contributed by atoms with Crippen molar-refractivity contribution in [1.29, 1.82) is 5.41 Å². The van der Waals surface area contributed by atoms with Gasteiger partial charge in [0.15, 0.2) is 0 Å². The highest BCUT2D eigenvalue weighted by Crippen LogP contribution is 2.09. The van der Waals surface area contributed by atoms with E-state index in [0.29, 0.717) is 19.4 Å². The van der Waals surface area contributed by atoms with Gasteiger partial charge >= 0.3 is 0 Å². The van der Waals surface area contributed by atoms with Crippen LogP contribution in [0.3, 0.4) is 0 Å². The zero-order valence-corrected chi connectivity index (χ0v) is 9.26. The minimum absolute atomic E-state index is 0.0943. The van der Waals surface area contributed by atoms with E-state index < -0.39 is 10.2 Å². The Morgan fingerprint density at radius 1 is 1.47 bits per heavy atom. The highest BCUT2D eigenvalue weighted by molar-refractivity contribution is 7.87. The van der Waals surface area contributed by atoms with Crippen molar-refractivity contribution in [2.75, 3.05) is 19.6 Å². The third-order valence-electron chi connectivity index (χ3n) is 2.31. The van der Waals surface area contributed by atoms with Crippen LogP contribution in [0.5, 0.6) is 0 Å². The summed E-state index contributed by atoms with van der Waals surface area (Å²) in [6.07, 6.45) is 1.40. The molecule has 0 aromatic heterocycles. The zero-order chi connectivity index (χ0) is 11.5. The standard InChI is InChI=1S/C7H17N5O2S/c8-7(9)5-12-3-1-6(2-4-12)11-15(10,13)14/h6,11H,1-5H2,(H3,8,9)(H2,10,13,14). The highest BCUT2D eigenvalue weighted by Gasteiger charge is 2.21. The van der Waals surface area contributed by atoms with Gasteiger partial charge in [0.1, 0.15) is 5.84 Å². The lowest BCUT2D eigenvalue weighted by Crippen LogP contribution is -2.48. The summed E-state index contributed by atoms with van der Waals surface area (Å²) in [5.41, 5.74) is 5.27. The number of nitrogens with two attached hydrogens (primary N) is 2. The average molecular weight is 235 g/mol. The van der Waals surface area contributed by atoms with E-state index in [2.05, 4.69) is 4.72 Å². The smallest absolute Gasteiger partial charge is 0.274 e. The van der Waals surface area contributed by atoms with Gasteiger partial charge in [-0.3, -0.25) is 10.3 Å². The monoisotopic (exact) mass is 235 g/mol. The van der Waals surface area contributed by atoms with Gasteiger partial charge < -0.3 is 5.73 Å². The van der Waals surface area contributed by atoms with E-state index in [1.807, 2.05) is 4.90 Å². The van der Waals surface area contributed by atoms with Crippen molar-refractivity contribution in [3.05, 3.63) is 0 Å². The van der Waals surface area contributed by atoms with Gasteiger partial charge in [0.25, 0.3) is 10.2 Å². The molecule has 6 N–H and O–H groups in total. The summed E-state index contributed by atoms with van der Waals surface area (Å²) in [5.74, 6) is 0.132. The normalized spacial score (nSPS) is 20.3. The van der Waals surface area contributed by atoms with Gasteiger partial charge in [0.2, 0.25) is 0 Å². The third-order valence-corrected chi connectivity index (χ3v) is 2.97. The Balaban J connectivity index is 2.33. The molecule has 0 atom stereocenters. The molecule has 0 saturated carbocycles. The van der Waals surface area contributed by atoms with E-state index in [4.69, 9.17) is 16.3 Å². The summed E-state index contributed by atoms with van der Waals surface area (Å²) in [4.78, 5) is 2.02. The molecule has 0 bridgehead atoms. The second kappa shape index (κ2) is 4.88. The molecule has 1 aliphatic rings. The fourth-order valence-corrected chi connectivity index (χ4v) is 2.38. The van der Waals surface area contributed by atoms with Gasteiger partial charge in [-0.2, -0.15) is 13.1 Å². The predicted octanol–water partition coefficient (Wildman–Crippen LogP) is -1.82. The molecular formula is C7H17N5O2S. The van der Waals surface area contributed by atoms with Crippen LogP contribution in [0.25, 0.3) is 0 Å². The van der Waals surface area contributed by atoms with E-state index in [9.17, 15) is 8.42 Å². The molecule has 1 aliphatic heterocycles. The van der Waals surface area contributed by atoms with Crippen LogP contribution < -0.4 is 15.6 Å². The minimum Gasteiger partial charge on any atom is -0.387 e. The van der Waals surface area contributed by atoms with Crippen LogP contribution in [0.2, 0.25) is 0 Å². The van der Waals surface area contributed by atoms with Crippen LogP contribution in [-0.2, 0) is 10.2 Å². The van der Waals surface area contributed by atoms with Gasteiger partial charge in [-0.25, -0.2) is 5.14 Å². The van der Waals surface area contributed by atoms with E-state index in [-0.39, 0.29) is 11.9 Å². The molecule has 0 amide bonds. The molecule has 1 heterocycles. The molecule has 1 saturated heterocycles. The molecule has 0 aromatic carbocycles. The number of rotatable bonds is 4. The molecule has 7 nitrogen and oxygen atoms in total. The predicted molar refractivity (Wildman–Crippen MR) is 57.6 cm³/mol. The second-order valence-corrected chi connectivity index (χ2v) is 5.06. The molecule has 1 rings (SSSR count). The first kappa shape index (κ1) is 12.4. The second-order valence-electron chi connectivity index (χ2n) is 3.74. The van der Waals surface area contributed by atoms with Crippen LogP contribution in [0.1, 0.15) is 12.8 Å². The molecule has 0 aliphatic carbocycles.